The second-order valence-corrected chi connectivity index (χ2v) is 6.24. The molecule has 5 nitrogen and oxygen atoms in total. The molecule has 1 amide bonds. The van der Waals surface area contributed by atoms with Gasteiger partial charge in [0, 0.05) is 38.6 Å². The number of Topliss-reactive ketones (excluding diaryl/α,β-unsaturated/α-hetero) is 1. The number of rotatable bonds is 8. The number of carbonyl (C=O) groups is 2. The Hall–Kier alpha value is -1.88. The molecule has 0 aromatic heterocycles. The molecule has 1 saturated heterocycles. The molecule has 5 heteroatoms. The summed E-state index contributed by atoms with van der Waals surface area (Å²) in [6, 6.07) is 6.97. The van der Waals surface area contributed by atoms with Gasteiger partial charge in [0.25, 0.3) is 0 Å². The number of amides is 1. The lowest BCUT2D eigenvalue weighted by Crippen LogP contribution is -2.31. The van der Waals surface area contributed by atoms with E-state index in [0.29, 0.717) is 17.9 Å². The fourth-order valence-corrected chi connectivity index (χ4v) is 2.83. The van der Waals surface area contributed by atoms with Crippen molar-refractivity contribution >= 4 is 11.7 Å². The Morgan fingerprint density at radius 1 is 1.21 bits per heavy atom. The Balaban J connectivity index is 1.71. The van der Waals surface area contributed by atoms with Crippen LogP contribution in [0.1, 0.15) is 48.9 Å². The van der Waals surface area contributed by atoms with Gasteiger partial charge in [-0.3, -0.25) is 9.59 Å². The number of nitrogens with zero attached hydrogens (tertiary/aromatic N) is 1. The van der Waals surface area contributed by atoms with Crippen molar-refractivity contribution in [1.82, 2.24) is 4.90 Å². The number of ether oxygens (including phenoxy) is 2. The summed E-state index contributed by atoms with van der Waals surface area (Å²) in [7, 11) is 3.38. The molecule has 0 saturated carbocycles. The SMILES string of the molecule is COc1ccc(C(=O)CCC(=O)N(C)CCC2CCCCO2)cc1. The molecule has 1 atom stereocenters. The van der Waals surface area contributed by atoms with Crippen molar-refractivity contribution < 1.29 is 19.1 Å². The minimum atomic E-state index is -0.0185. The third-order valence-corrected chi connectivity index (χ3v) is 4.46. The normalized spacial score (nSPS) is 17.3. The van der Waals surface area contributed by atoms with Gasteiger partial charge in [-0.15, -0.1) is 0 Å². The molecule has 0 bridgehead atoms. The average Bonchev–Trinajstić information content (AvgIpc) is 2.64. The Morgan fingerprint density at radius 2 is 1.96 bits per heavy atom. The molecule has 0 N–H and O–H groups in total. The van der Waals surface area contributed by atoms with Crippen molar-refractivity contribution in [3.05, 3.63) is 29.8 Å². The van der Waals surface area contributed by atoms with E-state index in [2.05, 4.69) is 0 Å². The number of hydrogen-bond donors (Lipinski definition) is 0. The fraction of sp³-hybridized carbons (Fsp3) is 0.579. The number of methoxy groups -OCH3 is 1. The molecule has 2 rings (SSSR count). The molecule has 0 spiro atoms. The number of carbonyl (C=O) groups excluding carboxylic acids is 2. The van der Waals surface area contributed by atoms with Gasteiger partial charge in [0.2, 0.25) is 5.91 Å². The predicted molar refractivity (Wildman–Crippen MR) is 92.4 cm³/mol. The molecular formula is C19H27NO4. The van der Waals surface area contributed by atoms with Gasteiger partial charge in [-0.1, -0.05) is 0 Å². The highest BCUT2D eigenvalue weighted by molar-refractivity contribution is 5.98. The second kappa shape index (κ2) is 9.42. The molecule has 24 heavy (non-hydrogen) atoms. The van der Waals surface area contributed by atoms with Gasteiger partial charge in [-0.05, 0) is 49.9 Å². The highest BCUT2D eigenvalue weighted by Crippen LogP contribution is 2.16. The van der Waals surface area contributed by atoms with E-state index in [1.54, 1.807) is 43.3 Å². The second-order valence-electron chi connectivity index (χ2n) is 6.24. The third-order valence-electron chi connectivity index (χ3n) is 4.46. The van der Waals surface area contributed by atoms with Crippen molar-refractivity contribution in [2.24, 2.45) is 0 Å². The summed E-state index contributed by atoms with van der Waals surface area (Å²) in [4.78, 5) is 26.0. The van der Waals surface area contributed by atoms with Crippen LogP contribution in [0, 0.1) is 0 Å². The van der Waals surface area contributed by atoms with Crippen LogP contribution in [-0.2, 0) is 9.53 Å². The van der Waals surface area contributed by atoms with Gasteiger partial charge in [-0.2, -0.15) is 0 Å². The van der Waals surface area contributed by atoms with Gasteiger partial charge < -0.3 is 14.4 Å². The summed E-state index contributed by atoms with van der Waals surface area (Å²) in [5.74, 6) is 0.704. The van der Waals surface area contributed by atoms with E-state index in [0.717, 1.165) is 25.9 Å². The van der Waals surface area contributed by atoms with E-state index < -0.39 is 0 Å². The summed E-state index contributed by atoms with van der Waals surface area (Å²) in [5, 5.41) is 0. The molecule has 0 radical (unpaired) electrons. The van der Waals surface area contributed by atoms with Crippen LogP contribution in [0.4, 0.5) is 0 Å². The monoisotopic (exact) mass is 333 g/mol. The van der Waals surface area contributed by atoms with Crippen LogP contribution < -0.4 is 4.74 Å². The standard InChI is InChI=1S/C19H27NO4/c1-20(13-12-17-5-3-4-14-24-17)19(22)11-10-18(21)15-6-8-16(23-2)9-7-15/h6-9,17H,3-5,10-14H2,1-2H3. The Labute approximate surface area is 143 Å². The van der Waals surface area contributed by atoms with E-state index >= 15 is 0 Å². The van der Waals surface area contributed by atoms with E-state index in [4.69, 9.17) is 9.47 Å². The predicted octanol–water partition coefficient (Wildman–Crippen LogP) is 3.08. The van der Waals surface area contributed by atoms with Gasteiger partial charge in [-0.25, -0.2) is 0 Å². The largest absolute Gasteiger partial charge is 0.497 e. The Kier molecular flexibility index (Phi) is 7.25. The first-order valence-electron chi connectivity index (χ1n) is 8.63. The van der Waals surface area contributed by atoms with E-state index in [1.807, 2.05) is 0 Å². The average molecular weight is 333 g/mol. The zero-order chi connectivity index (χ0) is 17.4. The van der Waals surface area contributed by atoms with Gasteiger partial charge in [0.15, 0.2) is 5.78 Å². The smallest absolute Gasteiger partial charge is 0.222 e. The van der Waals surface area contributed by atoms with E-state index in [9.17, 15) is 9.59 Å². The van der Waals surface area contributed by atoms with Crippen molar-refractivity contribution in [3.63, 3.8) is 0 Å². The lowest BCUT2D eigenvalue weighted by molar-refractivity contribution is -0.130. The third kappa shape index (κ3) is 5.64. The summed E-state index contributed by atoms with van der Waals surface area (Å²) < 4.78 is 10.8. The molecule has 1 fully saturated rings. The van der Waals surface area contributed by atoms with Crippen LogP contribution in [0.2, 0.25) is 0 Å². The van der Waals surface area contributed by atoms with E-state index in [1.165, 1.54) is 6.42 Å². The van der Waals surface area contributed by atoms with Crippen LogP contribution in [0.5, 0.6) is 5.75 Å². The molecule has 1 aliphatic rings. The van der Waals surface area contributed by atoms with Crippen LogP contribution in [-0.4, -0.2) is 50.0 Å². The van der Waals surface area contributed by atoms with Gasteiger partial charge >= 0.3 is 0 Å². The molecule has 1 heterocycles. The highest BCUT2D eigenvalue weighted by Gasteiger charge is 2.17. The van der Waals surface area contributed by atoms with E-state index in [-0.39, 0.29) is 30.6 Å². The summed E-state index contributed by atoms with van der Waals surface area (Å²) in [6.07, 6.45) is 5.04. The minimum absolute atomic E-state index is 0.00710. The first-order chi connectivity index (χ1) is 11.6. The van der Waals surface area contributed by atoms with Crippen LogP contribution in [0.25, 0.3) is 0 Å². The lowest BCUT2D eigenvalue weighted by Gasteiger charge is -2.25. The highest BCUT2D eigenvalue weighted by atomic mass is 16.5. The van der Waals surface area contributed by atoms with Crippen molar-refractivity contribution in [2.75, 3.05) is 27.3 Å². The van der Waals surface area contributed by atoms with Crippen LogP contribution >= 0.6 is 0 Å². The molecule has 132 valence electrons. The maximum Gasteiger partial charge on any atom is 0.222 e. The number of benzene rings is 1. The van der Waals surface area contributed by atoms with Crippen molar-refractivity contribution in [1.29, 1.82) is 0 Å². The zero-order valence-electron chi connectivity index (χ0n) is 14.6. The summed E-state index contributed by atoms with van der Waals surface area (Å²) in [6.45, 7) is 1.51. The molecule has 0 aliphatic carbocycles. The maximum absolute atomic E-state index is 12.2. The van der Waals surface area contributed by atoms with Crippen LogP contribution in [0.3, 0.4) is 0 Å². The quantitative estimate of drug-likeness (QED) is 0.686. The first-order valence-corrected chi connectivity index (χ1v) is 8.63. The lowest BCUT2D eigenvalue weighted by atomic mass is 10.1. The summed E-state index contributed by atoms with van der Waals surface area (Å²) in [5.41, 5.74) is 0.613. The molecule has 1 aromatic carbocycles. The van der Waals surface area contributed by atoms with Gasteiger partial charge in [0.05, 0.1) is 13.2 Å². The number of hydrogen-bond acceptors (Lipinski definition) is 4. The molecule has 1 unspecified atom stereocenters. The maximum atomic E-state index is 12.2. The minimum Gasteiger partial charge on any atom is -0.497 e. The molecular weight excluding hydrogens is 306 g/mol. The number of ketones is 1. The first kappa shape index (κ1) is 18.5. The summed E-state index contributed by atoms with van der Waals surface area (Å²) >= 11 is 0. The van der Waals surface area contributed by atoms with Gasteiger partial charge in [0.1, 0.15) is 5.75 Å². The fourth-order valence-electron chi connectivity index (χ4n) is 2.83. The topological polar surface area (TPSA) is 55.8 Å². The Bertz CT molecular complexity index is 535. The van der Waals surface area contributed by atoms with Crippen LogP contribution in [0.15, 0.2) is 24.3 Å². The zero-order valence-corrected chi connectivity index (χ0v) is 14.6. The molecule has 1 aliphatic heterocycles. The van der Waals surface area contributed by atoms with Crippen molar-refractivity contribution in [2.45, 2.75) is 44.6 Å². The van der Waals surface area contributed by atoms with Crippen molar-refractivity contribution in [3.8, 4) is 5.75 Å². The molecule has 1 aromatic rings. The Morgan fingerprint density at radius 3 is 2.58 bits per heavy atom.